The fourth-order valence-electron chi connectivity index (χ4n) is 7.42. The maximum absolute atomic E-state index is 15.5. The first-order valence-corrected chi connectivity index (χ1v) is 19.6. The van der Waals surface area contributed by atoms with Crippen LogP contribution in [0.1, 0.15) is 53.4 Å². The predicted octanol–water partition coefficient (Wildman–Crippen LogP) is 4.10. The number of hydrogen-bond acceptors (Lipinski definition) is 11. The van der Waals surface area contributed by atoms with E-state index in [-0.39, 0.29) is 59.3 Å². The summed E-state index contributed by atoms with van der Waals surface area (Å²) in [6.45, 7) is 5.31. The topological polar surface area (TPSA) is 193 Å². The molecule has 4 aromatic heterocycles. The van der Waals surface area contributed by atoms with Crippen molar-refractivity contribution in [3.05, 3.63) is 87.3 Å². The fourth-order valence-corrected chi connectivity index (χ4v) is 8.22. The van der Waals surface area contributed by atoms with Gasteiger partial charge in [-0.25, -0.2) is 22.2 Å². The van der Waals surface area contributed by atoms with Gasteiger partial charge in [-0.05, 0) is 40.8 Å². The molecule has 290 valence electrons. The number of fused-ring (bicyclic) bond motifs is 2. The number of aliphatic carboxylic acids is 1. The van der Waals surface area contributed by atoms with Crippen LogP contribution in [0.3, 0.4) is 0 Å². The number of carboxylic acid groups (broad SMARTS) is 1. The molecule has 1 fully saturated rings. The molecule has 0 saturated carbocycles. The molecule has 3 N–H and O–H groups in total. The second-order valence-corrected chi connectivity index (χ2v) is 16.5. The van der Waals surface area contributed by atoms with Crippen LogP contribution >= 0.6 is 0 Å². The van der Waals surface area contributed by atoms with Crippen molar-refractivity contribution in [3.63, 3.8) is 0 Å². The highest BCUT2D eigenvalue weighted by molar-refractivity contribution is 7.89. The number of ether oxygens (including phenoxy) is 1. The molecule has 18 heteroatoms. The van der Waals surface area contributed by atoms with Crippen LogP contribution < -0.4 is 20.5 Å². The molecule has 1 amide bonds. The van der Waals surface area contributed by atoms with Gasteiger partial charge >= 0.3 is 5.97 Å². The van der Waals surface area contributed by atoms with Gasteiger partial charge in [0, 0.05) is 85.6 Å². The maximum Gasteiger partial charge on any atom is 0.314 e. The number of rotatable bonds is 12. The van der Waals surface area contributed by atoms with Gasteiger partial charge in [-0.2, -0.15) is 0 Å². The first-order valence-electron chi connectivity index (χ1n) is 17.6. The van der Waals surface area contributed by atoms with E-state index in [0.29, 0.717) is 65.4 Å². The lowest BCUT2D eigenvalue weighted by atomic mass is 9.94. The lowest BCUT2D eigenvalue weighted by Crippen LogP contribution is -2.38. The molecule has 0 radical (unpaired) electrons. The molecule has 1 unspecified atom stereocenters. The molecule has 0 spiro atoms. The number of likely N-dealkylation sites (tertiary alicyclic amines) is 1. The zero-order valence-electron chi connectivity index (χ0n) is 30.4. The normalized spacial score (nSPS) is 16.3. The number of benzene rings is 1. The Bertz CT molecular complexity index is 2500. The highest BCUT2D eigenvalue weighted by atomic mass is 32.2. The van der Waals surface area contributed by atoms with Crippen molar-refractivity contribution < 1.29 is 41.2 Å². The number of carbonyl (C=O) groups is 2. The lowest BCUT2D eigenvalue weighted by molar-refractivity contribution is -0.140. The number of H-pyrrole nitrogens is 1. The average molecular weight is 780 g/mol. The molecule has 1 saturated heterocycles. The van der Waals surface area contributed by atoms with Crippen molar-refractivity contribution in [1.82, 2.24) is 29.9 Å². The molecule has 7 rings (SSSR count). The van der Waals surface area contributed by atoms with Crippen LogP contribution in [0, 0.1) is 17.6 Å². The van der Waals surface area contributed by atoms with E-state index < -0.39 is 45.0 Å². The van der Waals surface area contributed by atoms with Gasteiger partial charge in [-0.3, -0.25) is 19.3 Å². The average Bonchev–Trinajstić information content (AvgIpc) is 3.84. The number of carbonyl (C=O) groups excluding carboxylic acids is 1. The molecule has 2 aliphatic heterocycles. The van der Waals surface area contributed by atoms with Gasteiger partial charge in [0.15, 0.2) is 27.2 Å². The number of halogens is 2. The summed E-state index contributed by atoms with van der Waals surface area (Å²) in [5, 5.41) is 17.0. The second kappa shape index (κ2) is 14.6. The number of aromatic nitrogens is 4. The van der Waals surface area contributed by atoms with Gasteiger partial charge in [-0.1, -0.05) is 13.8 Å². The highest BCUT2D eigenvalue weighted by Crippen LogP contribution is 2.45. The van der Waals surface area contributed by atoms with Crippen molar-refractivity contribution >= 4 is 44.1 Å². The quantitative estimate of drug-likeness (QED) is 0.165. The van der Waals surface area contributed by atoms with E-state index >= 15 is 4.39 Å². The largest absolute Gasteiger partial charge is 0.481 e. The van der Waals surface area contributed by atoms with Crippen molar-refractivity contribution in [2.45, 2.75) is 44.5 Å². The van der Waals surface area contributed by atoms with E-state index in [1.807, 2.05) is 0 Å². The lowest BCUT2D eigenvalue weighted by Gasteiger charge is -2.26. The molecule has 0 aliphatic carbocycles. The minimum atomic E-state index is -3.68. The van der Waals surface area contributed by atoms with Crippen LogP contribution in [-0.4, -0.2) is 88.5 Å². The van der Waals surface area contributed by atoms with Crippen LogP contribution in [0.4, 0.5) is 20.3 Å². The second-order valence-electron chi connectivity index (χ2n) is 14.4. The predicted molar refractivity (Wildman–Crippen MR) is 197 cm³/mol. The van der Waals surface area contributed by atoms with Crippen LogP contribution in [0.5, 0.6) is 5.88 Å². The molecular weight excluding hydrogens is 741 g/mol. The number of carboxylic acids is 1. The molecule has 55 heavy (non-hydrogen) atoms. The van der Waals surface area contributed by atoms with E-state index in [1.165, 1.54) is 21.6 Å². The SMILES string of the molecule is CC(C)C(C(=O)O)c1cc(OCCN2CC[C@H](NC(=O)c3cc4c(cc3CS(C)(=O)=O)-c3cn(C)c(=O)c5[nH]cc(c35)CN4c3ncc(F)cc3F)C2)no1. The first-order chi connectivity index (χ1) is 26.1. The Morgan fingerprint density at radius 2 is 1.96 bits per heavy atom. The van der Waals surface area contributed by atoms with Gasteiger partial charge in [0.2, 0.25) is 0 Å². The van der Waals surface area contributed by atoms with E-state index in [2.05, 4.69) is 25.3 Å². The molecule has 2 atom stereocenters. The fraction of sp³-hybridized carbons (Fsp3) is 0.378. The Morgan fingerprint density at radius 3 is 2.67 bits per heavy atom. The number of amides is 1. The van der Waals surface area contributed by atoms with Gasteiger partial charge < -0.3 is 34.1 Å². The Morgan fingerprint density at radius 1 is 1.18 bits per heavy atom. The van der Waals surface area contributed by atoms with Gasteiger partial charge in [0.05, 0.1) is 24.2 Å². The number of pyridine rings is 2. The Kier molecular flexibility index (Phi) is 9.97. The van der Waals surface area contributed by atoms with Crippen LogP contribution in [0.25, 0.3) is 22.0 Å². The minimum absolute atomic E-state index is 0.0115. The monoisotopic (exact) mass is 779 g/mol. The highest BCUT2D eigenvalue weighted by Gasteiger charge is 2.32. The Labute approximate surface area is 313 Å². The number of aryl methyl sites for hydroxylation is 1. The van der Waals surface area contributed by atoms with Gasteiger partial charge in [-0.15, -0.1) is 0 Å². The molecular formula is C37H39F2N7O8S. The van der Waals surface area contributed by atoms with Crippen LogP contribution in [-0.2, 0) is 34.0 Å². The number of hydrogen-bond donors (Lipinski definition) is 3. The Balaban J connectivity index is 1.16. The van der Waals surface area contributed by atoms with E-state index in [0.717, 1.165) is 12.5 Å². The number of aromatic amines is 1. The molecule has 6 heterocycles. The van der Waals surface area contributed by atoms with Crippen LogP contribution in [0.2, 0.25) is 0 Å². The van der Waals surface area contributed by atoms with E-state index in [4.69, 9.17) is 9.26 Å². The van der Waals surface area contributed by atoms with Crippen molar-refractivity contribution in [3.8, 4) is 17.0 Å². The summed E-state index contributed by atoms with van der Waals surface area (Å²) in [5.74, 6) is -4.80. The van der Waals surface area contributed by atoms with Gasteiger partial charge in [0.1, 0.15) is 23.9 Å². The number of sulfone groups is 1. The summed E-state index contributed by atoms with van der Waals surface area (Å²) in [6, 6.07) is 4.95. The molecule has 0 bridgehead atoms. The third kappa shape index (κ3) is 7.55. The minimum Gasteiger partial charge on any atom is -0.481 e. The number of anilines is 2. The molecule has 1 aromatic carbocycles. The van der Waals surface area contributed by atoms with E-state index in [9.17, 15) is 32.3 Å². The van der Waals surface area contributed by atoms with Crippen molar-refractivity contribution in [2.75, 3.05) is 37.4 Å². The third-order valence-electron chi connectivity index (χ3n) is 9.94. The van der Waals surface area contributed by atoms with Crippen molar-refractivity contribution in [2.24, 2.45) is 13.0 Å². The molecule has 15 nitrogen and oxygen atoms in total. The number of nitrogens with one attached hydrogen (secondary N) is 2. The zero-order chi connectivity index (χ0) is 39.3. The summed E-state index contributed by atoms with van der Waals surface area (Å²) >= 11 is 0. The smallest absolute Gasteiger partial charge is 0.314 e. The summed E-state index contributed by atoms with van der Waals surface area (Å²) in [7, 11) is -2.10. The Hall–Kier alpha value is -5.62. The summed E-state index contributed by atoms with van der Waals surface area (Å²) < 4.78 is 67.4. The molecule has 5 aromatic rings. The summed E-state index contributed by atoms with van der Waals surface area (Å²) in [5.41, 5.74) is 2.13. The summed E-state index contributed by atoms with van der Waals surface area (Å²) in [4.78, 5) is 49.5. The number of nitrogens with zero attached hydrogens (tertiary/aromatic N) is 5. The third-order valence-corrected chi connectivity index (χ3v) is 10.8. The molecule has 2 aliphatic rings. The maximum atomic E-state index is 15.5. The first kappa shape index (κ1) is 37.7. The zero-order valence-corrected chi connectivity index (χ0v) is 31.2. The van der Waals surface area contributed by atoms with E-state index in [1.54, 1.807) is 39.4 Å². The van der Waals surface area contributed by atoms with Gasteiger partial charge in [0.25, 0.3) is 17.3 Å². The van der Waals surface area contributed by atoms with Crippen LogP contribution in [0.15, 0.2) is 52.2 Å². The van der Waals surface area contributed by atoms with Crippen molar-refractivity contribution in [1.29, 1.82) is 0 Å². The standard InChI is InChI=1S/C37H39F2N7O8S/c1-19(2)31(37(49)50)29-12-30(43-54-29)53-8-7-45-6-5-23(16-45)42-35(47)24-11-28-25(9-20(24)18-55(4,51)52)26-17-44(3)36(48)33-32(26)21(13-40-33)15-46(28)34-27(39)10-22(38)14-41-34/h9-14,17,19,23,31,40H,5-8,15-16,18H2,1-4H3,(H,42,47)(H,49,50)/t23-,31?/m0/s1. The summed E-state index contributed by atoms with van der Waals surface area (Å²) in [6.07, 6.45) is 5.77.